The van der Waals surface area contributed by atoms with Gasteiger partial charge in [0.2, 0.25) is 10.0 Å². The molecule has 0 saturated heterocycles. The maximum absolute atomic E-state index is 13.1. The van der Waals surface area contributed by atoms with Crippen LogP contribution in [0, 0.1) is 0 Å². The molecule has 3 aromatic rings. The second-order valence-electron chi connectivity index (χ2n) is 6.91. The van der Waals surface area contributed by atoms with Gasteiger partial charge in [-0.3, -0.25) is 0 Å². The largest absolute Gasteiger partial charge is 0.384 e. The average molecular weight is 385 g/mol. The third-order valence-corrected chi connectivity index (χ3v) is 6.60. The zero-order valence-corrected chi connectivity index (χ0v) is 15.8. The highest BCUT2D eigenvalue weighted by molar-refractivity contribution is 7.89. The van der Waals surface area contributed by atoms with Crippen molar-refractivity contribution in [2.24, 2.45) is 0 Å². The van der Waals surface area contributed by atoms with Gasteiger partial charge in [-0.15, -0.1) is 0 Å². The number of nitrogens with two attached hydrogens (primary N) is 1. The Morgan fingerprint density at radius 1 is 1.07 bits per heavy atom. The standard InChI is InChI=1S/C19H23N5O2S/c20-18-17(27(25,26)23-13-14-7-3-1-4-8-14)16-19(22-12-11-21-16)24(18)15-9-5-2-6-10-15/h1,3-4,7-8,11-12,15,23H,2,5-6,9-10,13,20H2. The summed E-state index contributed by atoms with van der Waals surface area (Å²) in [5, 5.41) is 0. The quantitative estimate of drug-likeness (QED) is 0.703. The van der Waals surface area contributed by atoms with Crippen LogP contribution in [0.2, 0.25) is 0 Å². The summed E-state index contributed by atoms with van der Waals surface area (Å²) in [7, 11) is -3.83. The van der Waals surface area contributed by atoms with Crippen LogP contribution in [-0.4, -0.2) is 23.0 Å². The van der Waals surface area contributed by atoms with Crippen molar-refractivity contribution in [3.8, 4) is 0 Å². The molecule has 2 aromatic heterocycles. The number of sulfonamides is 1. The molecule has 7 nitrogen and oxygen atoms in total. The van der Waals surface area contributed by atoms with Gasteiger partial charge in [0, 0.05) is 25.0 Å². The predicted octanol–water partition coefficient (Wildman–Crippen LogP) is 3.00. The molecule has 3 N–H and O–H groups in total. The summed E-state index contributed by atoms with van der Waals surface area (Å²) in [6.45, 7) is 0.193. The minimum absolute atomic E-state index is 0.0344. The zero-order valence-electron chi connectivity index (χ0n) is 15.0. The molecule has 1 aliphatic carbocycles. The van der Waals surface area contributed by atoms with E-state index in [-0.39, 0.29) is 23.3 Å². The molecule has 27 heavy (non-hydrogen) atoms. The van der Waals surface area contributed by atoms with Crippen LogP contribution in [0.15, 0.2) is 47.6 Å². The van der Waals surface area contributed by atoms with Crippen molar-refractivity contribution in [1.29, 1.82) is 0 Å². The molecule has 1 aliphatic rings. The van der Waals surface area contributed by atoms with Crippen molar-refractivity contribution in [2.75, 3.05) is 5.73 Å². The second-order valence-corrected chi connectivity index (χ2v) is 8.62. The number of fused-ring (bicyclic) bond motifs is 1. The molecule has 0 bridgehead atoms. The van der Waals surface area contributed by atoms with Crippen molar-refractivity contribution < 1.29 is 8.42 Å². The Balaban J connectivity index is 1.75. The van der Waals surface area contributed by atoms with Crippen molar-refractivity contribution in [3.05, 3.63) is 48.3 Å². The number of aromatic nitrogens is 3. The molecule has 0 atom stereocenters. The first-order valence-electron chi connectivity index (χ1n) is 9.22. The molecule has 0 spiro atoms. The first kappa shape index (κ1) is 17.9. The van der Waals surface area contributed by atoms with Crippen molar-refractivity contribution >= 4 is 27.0 Å². The van der Waals surface area contributed by atoms with Gasteiger partial charge < -0.3 is 10.3 Å². The molecule has 4 rings (SSSR count). The molecule has 1 aromatic carbocycles. The van der Waals surface area contributed by atoms with E-state index < -0.39 is 10.0 Å². The maximum atomic E-state index is 13.1. The second kappa shape index (κ2) is 7.28. The van der Waals surface area contributed by atoms with Gasteiger partial charge in [-0.1, -0.05) is 49.6 Å². The highest BCUT2D eigenvalue weighted by Crippen LogP contribution is 2.37. The molecule has 1 saturated carbocycles. The first-order chi connectivity index (χ1) is 13.1. The van der Waals surface area contributed by atoms with E-state index in [2.05, 4.69) is 14.7 Å². The Hall–Kier alpha value is -2.45. The summed E-state index contributed by atoms with van der Waals surface area (Å²) in [5.41, 5.74) is 8.12. The average Bonchev–Trinajstić information content (AvgIpc) is 3.00. The van der Waals surface area contributed by atoms with Crippen LogP contribution in [0.25, 0.3) is 11.2 Å². The van der Waals surface area contributed by atoms with Gasteiger partial charge in [0.05, 0.1) is 0 Å². The lowest BCUT2D eigenvalue weighted by Crippen LogP contribution is -2.24. The molecule has 142 valence electrons. The van der Waals surface area contributed by atoms with Gasteiger partial charge in [-0.05, 0) is 18.4 Å². The van der Waals surface area contributed by atoms with E-state index in [9.17, 15) is 8.42 Å². The van der Waals surface area contributed by atoms with E-state index in [0.717, 1.165) is 31.2 Å². The molecule has 2 heterocycles. The third-order valence-electron chi connectivity index (χ3n) is 5.13. The zero-order chi connectivity index (χ0) is 18.9. The number of nitrogens with one attached hydrogen (secondary N) is 1. The van der Waals surface area contributed by atoms with Crippen molar-refractivity contribution in [1.82, 2.24) is 19.3 Å². The predicted molar refractivity (Wildman–Crippen MR) is 105 cm³/mol. The lowest BCUT2D eigenvalue weighted by Gasteiger charge is -2.24. The Bertz CT molecular complexity index is 1040. The number of anilines is 1. The summed E-state index contributed by atoms with van der Waals surface area (Å²) < 4.78 is 30.7. The Morgan fingerprint density at radius 2 is 1.78 bits per heavy atom. The maximum Gasteiger partial charge on any atom is 0.246 e. The SMILES string of the molecule is Nc1c(S(=O)(=O)NCc2ccccc2)c2nccnc2n1C1CCCCC1. The number of benzene rings is 1. The van der Waals surface area contributed by atoms with Gasteiger partial charge in [0.1, 0.15) is 11.3 Å². The monoisotopic (exact) mass is 385 g/mol. The van der Waals surface area contributed by atoms with Crippen LogP contribution >= 0.6 is 0 Å². The fraction of sp³-hybridized carbons (Fsp3) is 0.368. The van der Waals surface area contributed by atoms with E-state index in [1.54, 1.807) is 6.20 Å². The molecule has 0 radical (unpaired) electrons. The normalized spacial score (nSPS) is 16.0. The van der Waals surface area contributed by atoms with Crippen LogP contribution < -0.4 is 10.5 Å². The van der Waals surface area contributed by atoms with Crippen LogP contribution in [0.4, 0.5) is 5.82 Å². The smallest absolute Gasteiger partial charge is 0.246 e. The Morgan fingerprint density at radius 3 is 2.52 bits per heavy atom. The molecule has 1 fully saturated rings. The number of rotatable bonds is 5. The molecule has 0 unspecified atom stereocenters. The van der Waals surface area contributed by atoms with E-state index >= 15 is 0 Å². The molecule has 0 aliphatic heterocycles. The van der Waals surface area contributed by atoms with E-state index in [1.807, 2.05) is 34.9 Å². The Labute approximate surface area is 158 Å². The summed E-state index contributed by atoms with van der Waals surface area (Å²) >= 11 is 0. The molecule has 8 heteroatoms. The minimum atomic E-state index is -3.83. The fourth-order valence-electron chi connectivity index (χ4n) is 3.83. The molecular formula is C19H23N5O2S. The highest BCUT2D eigenvalue weighted by atomic mass is 32.2. The third kappa shape index (κ3) is 3.42. The first-order valence-corrected chi connectivity index (χ1v) is 10.7. The van der Waals surface area contributed by atoms with Gasteiger partial charge in [0.15, 0.2) is 10.5 Å². The summed E-state index contributed by atoms with van der Waals surface area (Å²) in [6, 6.07) is 9.55. The number of nitrogens with zero attached hydrogens (tertiary/aromatic N) is 3. The number of nitrogen functional groups attached to an aromatic ring is 1. The van der Waals surface area contributed by atoms with E-state index in [1.165, 1.54) is 12.6 Å². The summed E-state index contributed by atoms with van der Waals surface area (Å²) in [6.07, 6.45) is 8.45. The Kier molecular flexibility index (Phi) is 4.84. The summed E-state index contributed by atoms with van der Waals surface area (Å²) in [5.74, 6) is 0.226. The highest BCUT2D eigenvalue weighted by Gasteiger charge is 2.30. The van der Waals surface area contributed by atoms with E-state index in [0.29, 0.717) is 11.2 Å². The number of hydrogen-bond donors (Lipinski definition) is 2. The van der Waals surface area contributed by atoms with E-state index in [4.69, 9.17) is 5.73 Å². The molecule has 0 amide bonds. The minimum Gasteiger partial charge on any atom is -0.384 e. The van der Waals surface area contributed by atoms with Crippen LogP contribution in [0.3, 0.4) is 0 Å². The fourth-order valence-corrected chi connectivity index (χ4v) is 5.11. The molecular weight excluding hydrogens is 362 g/mol. The lowest BCUT2D eigenvalue weighted by atomic mass is 9.95. The van der Waals surface area contributed by atoms with Gasteiger partial charge in [-0.2, -0.15) is 0 Å². The van der Waals surface area contributed by atoms with Crippen molar-refractivity contribution in [3.63, 3.8) is 0 Å². The van der Waals surface area contributed by atoms with Crippen LogP contribution in [-0.2, 0) is 16.6 Å². The van der Waals surface area contributed by atoms with Gasteiger partial charge in [0.25, 0.3) is 0 Å². The van der Waals surface area contributed by atoms with Crippen LogP contribution in [0.1, 0.15) is 43.7 Å². The summed E-state index contributed by atoms with van der Waals surface area (Å²) in [4.78, 5) is 8.73. The van der Waals surface area contributed by atoms with Gasteiger partial charge in [-0.25, -0.2) is 23.1 Å². The van der Waals surface area contributed by atoms with Crippen LogP contribution in [0.5, 0.6) is 0 Å². The van der Waals surface area contributed by atoms with Gasteiger partial charge >= 0.3 is 0 Å². The topological polar surface area (TPSA) is 103 Å². The number of hydrogen-bond acceptors (Lipinski definition) is 5. The lowest BCUT2D eigenvalue weighted by molar-refractivity contribution is 0.362. The van der Waals surface area contributed by atoms with Crippen molar-refractivity contribution in [2.45, 2.75) is 49.6 Å².